The highest BCUT2D eigenvalue weighted by Gasteiger charge is 2.24. The fourth-order valence-corrected chi connectivity index (χ4v) is 3.53. The molecule has 0 bridgehead atoms. The van der Waals surface area contributed by atoms with Crippen LogP contribution in [0.2, 0.25) is 0 Å². The van der Waals surface area contributed by atoms with Gasteiger partial charge in [0.1, 0.15) is 12.1 Å². The molecule has 6 heteroatoms. The van der Waals surface area contributed by atoms with Gasteiger partial charge in [0, 0.05) is 48.5 Å². The number of piperidine rings is 1. The van der Waals surface area contributed by atoms with Crippen LogP contribution in [0.25, 0.3) is 21.9 Å². The molecule has 0 atom stereocenters. The van der Waals surface area contributed by atoms with E-state index < -0.39 is 0 Å². The fraction of sp³-hybridized carbons (Fsp3) is 0.353. The second-order valence-electron chi connectivity index (χ2n) is 5.97. The van der Waals surface area contributed by atoms with Gasteiger partial charge in [-0.05, 0) is 25.0 Å². The topological polar surface area (TPSA) is 77.7 Å². The Morgan fingerprint density at radius 2 is 2.22 bits per heavy atom. The molecule has 1 saturated heterocycles. The number of hydrogen-bond acceptors (Lipinski definition) is 3. The summed E-state index contributed by atoms with van der Waals surface area (Å²) in [4.78, 5) is 21.2. The molecule has 116 valence electrons. The number of H-pyrrole nitrogens is 1. The van der Waals surface area contributed by atoms with Gasteiger partial charge >= 0.3 is 0 Å². The third-order valence-corrected chi connectivity index (χ3v) is 4.70. The number of nitrogens with zero attached hydrogens (tertiary/aromatic N) is 4. The van der Waals surface area contributed by atoms with E-state index in [0.29, 0.717) is 19.1 Å². The molecule has 1 N–H and O–H groups in total. The first kappa shape index (κ1) is 13.8. The first-order chi connectivity index (χ1) is 11.3. The van der Waals surface area contributed by atoms with Crippen LogP contribution in [-0.4, -0.2) is 38.4 Å². The van der Waals surface area contributed by atoms with Crippen molar-refractivity contribution < 1.29 is 4.79 Å². The van der Waals surface area contributed by atoms with Gasteiger partial charge in [-0.1, -0.05) is 0 Å². The van der Waals surface area contributed by atoms with Crippen molar-refractivity contribution in [1.82, 2.24) is 19.4 Å². The number of aromatic nitrogens is 3. The van der Waals surface area contributed by atoms with Crippen molar-refractivity contribution >= 4 is 27.8 Å². The maximum absolute atomic E-state index is 11.8. The van der Waals surface area contributed by atoms with Crippen LogP contribution in [0.5, 0.6) is 0 Å². The Bertz CT molecular complexity index is 908. The van der Waals surface area contributed by atoms with E-state index in [-0.39, 0.29) is 12.3 Å². The van der Waals surface area contributed by atoms with Crippen LogP contribution < -0.4 is 0 Å². The van der Waals surface area contributed by atoms with Crippen LogP contribution in [0.4, 0.5) is 0 Å². The molecule has 1 fully saturated rings. The average molecular weight is 307 g/mol. The number of rotatable bonds is 2. The molecule has 1 amide bonds. The number of likely N-dealkylation sites (tertiary alicyclic amines) is 1. The molecule has 4 rings (SSSR count). The van der Waals surface area contributed by atoms with Gasteiger partial charge in [0.2, 0.25) is 5.91 Å². The highest BCUT2D eigenvalue weighted by Crippen LogP contribution is 2.31. The lowest BCUT2D eigenvalue weighted by Crippen LogP contribution is -2.38. The van der Waals surface area contributed by atoms with E-state index in [4.69, 9.17) is 5.26 Å². The lowest BCUT2D eigenvalue weighted by Gasteiger charge is -2.32. The number of aromatic amines is 1. The number of pyridine rings is 1. The van der Waals surface area contributed by atoms with Crippen molar-refractivity contribution in [2.24, 2.45) is 0 Å². The van der Waals surface area contributed by atoms with E-state index in [0.717, 1.165) is 29.3 Å². The smallest absolute Gasteiger partial charge is 0.236 e. The summed E-state index contributed by atoms with van der Waals surface area (Å²) in [5.74, 6) is -0.0551. The largest absolute Gasteiger partial charge is 0.346 e. The minimum atomic E-state index is -0.0551. The van der Waals surface area contributed by atoms with Crippen LogP contribution in [0.3, 0.4) is 0 Å². The van der Waals surface area contributed by atoms with Crippen molar-refractivity contribution in [1.29, 1.82) is 5.26 Å². The van der Waals surface area contributed by atoms with Crippen molar-refractivity contribution in [3.8, 4) is 6.07 Å². The van der Waals surface area contributed by atoms with Gasteiger partial charge in [-0.25, -0.2) is 4.98 Å². The van der Waals surface area contributed by atoms with Crippen LogP contribution in [0, 0.1) is 11.3 Å². The van der Waals surface area contributed by atoms with Crippen LogP contribution in [0.1, 0.15) is 25.3 Å². The SMILES string of the molecule is N#CCC(=O)N1CCC(n2ccc3cnc4[nH]ccc4c32)CC1. The Kier molecular flexibility index (Phi) is 3.27. The highest BCUT2D eigenvalue weighted by atomic mass is 16.2. The minimum absolute atomic E-state index is 0.0211. The molecule has 0 saturated carbocycles. The molecular formula is C17H17N5O. The first-order valence-electron chi connectivity index (χ1n) is 7.85. The van der Waals surface area contributed by atoms with Gasteiger partial charge in [0.15, 0.2) is 0 Å². The molecule has 3 aromatic rings. The number of carbonyl (C=O) groups is 1. The van der Waals surface area contributed by atoms with E-state index in [1.165, 1.54) is 5.52 Å². The number of fused-ring (bicyclic) bond motifs is 3. The molecule has 0 aromatic carbocycles. The number of nitrogens with one attached hydrogen (secondary N) is 1. The third kappa shape index (κ3) is 2.25. The number of carbonyl (C=O) groups excluding carboxylic acids is 1. The Balaban J connectivity index is 1.63. The van der Waals surface area contributed by atoms with Crippen LogP contribution in [-0.2, 0) is 4.79 Å². The van der Waals surface area contributed by atoms with E-state index in [1.54, 1.807) is 4.90 Å². The van der Waals surface area contributed by atoms with Gasteiger partial charge in [-0.15, -0.1) is 0 Å². The number of hydrogen-bond donors (Lipinski definition) is 1. The first-order valence-corrected chi connectivity index (χ1v) is 7.85. The molecule has 0 aliphatic carbocycles. The Labute approximate surface area is 133 Å². The quantitative estimate of drug-likeness (QED) is 0.790. The Morgan fingerprint density at radius 3 is 3.00 bits per heavy atom. The summed E-state index contributed by atoms with van der Waals surface area (Å²) in [5.41, 5.74) is 2.11. The molecule has 0 spiro atoms. The summed E-state index contributed by atoms with van der Waals surface area (Å²) in [7, 11) is 0. The fourth-order valence-electron chi connectivity index (χ4n) is 3.53. The molecule has 23 heavy (non-hydrogen) atoms. The van der Waals surface area contributed by atoms with Crippen molar-refractivity contribution in [2.45, 2.75) is 25.3 Å². The summed E-state index contributed by atoms with van der Waals surface area (Å²) >= 11 is 0. The van der Waals surface area contributed by atoms with E-state index in [2.05, 4.69) is 32.9 Å². The maximum atomic E-state index is 11.8. The third-order valence-electron chi connectivity index (χ3n) is 4.70. The van der Waals surface area contributed by atoms with Gasteiger partial charge in [0.25, 0.3) is 0 Å². The second-order valence-corrected chi connectivity index (χ2v) is 5.97. The summed E-state index contributed by atoms with van der Waals surface area (Å²) in [6, 6.07) is 6.47. The van der Waals surface area contributed by atoms with Crippen molar-refractivity contribution in [3.63, 3.8) is 0 Å². The highest BCUT2D eigenvalue weighted by molar-refractivity contribution is 6.02. The standard InChI is InChI=1S/C17H17N5O/c18-6-1-15(23)21-8-4-13(5-9-21)22-10-3-12-11-20-17-14(16(12)22)2-7-19-17/h2-3,7,10-11,13H,1,4-5,8-9H2,(H,19,20). The lowest BCUT2D eigenvalue weighted by molar-refractivity contribution is -0.131. The zero-order chi connectivity index (χ0) is 15.8. The maximum Gasteiger partial charge on any atom is 0.236 e. The van der Waals surface area contributed by atoms with Crippen molar-refractivity contribution in [3.05, 3.63) is 30.7 Å². The second kappa shape index (κ2) is 5.43. The molecule has 3 aromatic heterocycles. The molecule has 0 radical (unpaired) electrons. The zero-order valence-electron chi connectivity index (χ0n) is 12.7. The monoisotopic (exact) mass is 307 g/mol. The minimum Gasteiger partial charge on any atom is -0.346 e. The number of nitriles is 1. The Hall–Kier alpha value is -2.81. The van der Waals surface area contributed by atoms with E-state index in [1.807, 2.05) is 18.5 Å². The zero-order valence-corrected chi connectivity index (χ0v) is 12.7. The molecule has 6 nitrogen and oxygen atoms in total. The van der Waals surface area contributed by atoms with E-state index >= 15 is 0 Å². The van der Waals surface area contributed by atoms with Gasteiger partial charge in [-0.3, -0.25) is 4.79 Å². The predicted molar refractivity (Wildman–Crippen MR) is 86.7 cm³/mol. The van der Waals surface area contributed by atoms with Gasteiger partial charge in [0.05, 0.1) is 11.6 Å². The van der Waals surface area contributed by atoms with Crippen LogP contribution in [0.15, 0.2) is 30.7 Å². The van der Waals surface area contributed by atoms with Crippen LogP contribution >= 0.6 is 0 Å². The number of amides is 1. The molecule has 0 unspecified atom stereocenters. The molecule has 1 aliphatic heterocycles. The van der Waals surface area contributed by atoms with Gasteiger partial charge in [-0.2, -0.15) is 5.26 Å². The normalized spacial score (nSPS) is 16.0. The van der Waals surface area contributed by atoms with Crippen molar-refractivity contribution in [2.75, 3.05) is 13.1 Å². The Morgan fingerprint density at radius 1 is 1.39 bits per heavy atom. The summed E-state index contributed by atoms with van der Waals surface area (Å²) in [5, 5.41) is 10.9. The molecule has 1 aliphatic rings. The molecule has 4 heterocycles. The summed E-state index contributed by atoms with van der Waals surface area (Å²) in [6.07, 6.45) is 7.74. The lowest BCUT2D eigenvalue weighted by atomic mass is 10.0. The van der Waals surface area contributed by atoms with E-state index in [9.17, 15) is 4.79 Å². The average Bonchev–Trinajstić information content (AvgIpc) is 3.21. The predicted octanol–water partition coefficient (Wildman–Crippen LogP) is 2.59. The molecular weight excluding hydrogens is 290 g/mol. The summed E-state index contributed by atoms with van der Waals surface area (Å²) in [6.45, 7) is 1.43. The summed E-state index contributed by atoms with van der Waals surface area (Å²) < 4.78 is 2.32. The van der Waals surface area contributed by atoms with Gasteiger partial charge < -0.3 is 14.5 Å².